The molecule has 3 N–H and O–H groups in total. The first-order valence-electron chi connectivity index (χ1n) is 16.1. The van der Waals surface area contributed by atoms with Crippen molar-refractivity contribution in [2.45, 2.75) is 57.8 Å². The van der Waals surface area contributed by atoms with Crippen molar-refractivity contribution in [2.24, 2.45) is 0 Å². The minimum absolute atomic E-state index is 0.0641. The highest BCUT2D eigenvalue weighted by Gasteiger charge is 2.37. The molecule has 0 bridgehead atoms. The van der Waals surface area contributed by atoms with E-state index < -0.39 is 73.5 Å². The smallest absolute Gasteiger partial charge is 0.409 e. The largest absolute Gasteiger partial charge is 0.483 e. The summed E-state index contributed by atoms with van der Waals surface area (Å²) in [6.45, 7) is 2.31. The van der Waals surface area contributed by atoms with Gasteiger partial charge in [0.05, 0.1) is 12.1 Å². The minimum Gasteiger partial charge on any atom is -0.483 e. The van der Waals surface area contributed by atoms with Gasteiger partial charge in [0.15, 0.2) is 6.61 Å². The second-order valence-electron chi connectivity index (χ2n) is 11.9. The Kier molecular flexibility index (Phi) is 12.4. The fourth-order valence-corrected chi connectivity index (χ4v) is 5.71. The first kappa shape index (κ1) is 37.7. The maximum absolute atomic E-state index is 13.6. The molecule has 50 heavy (non-hydrogen) atoms. The number of piperazine rings is 1. The van der Waals surface area contributed by atoms with E-state index in [4.69, 9.17) is 9.47 Å². The van der Waals surface area contributed by atoms with Gasteiger partial charge >= 0.3 is 18.2 Å². The van der Waals surface area contributed by atoms with Crippen molar-refractivity contribution in [3.8, 4) is 5.75 Å². The third-order valence-electron chi connectivity index (χ3n) is 8.22. The van der Waals surface area contributed by atoms with E-state index in [1.807, 2.05) is 5.32 Å². The highest BCUT2D eigenvalue weighted by molar-refractivity contribution is 5.99. The lowest BCUT2D eigenvalue weighted by molar-refractivity contribution is -0.145. The van der Waals surface area contributed by atoms with Crippen LogP contribution in [0.4, 0.5) is 18.0 Å². The number of aliphatic carboxylic acids is 1. The molecule has 272 valence electrons. The Morgan fingerprint density at radius 3 is 2.40 bits per heavy atom. The molecule has 2 aliphatic rings. The Bertz CT molecular complexity index is 1610. The predicted octanol–water partition coefficient (Wildman–Crippen LogP) is 1.86. The third kappa shape index (κ3) is 9.94. The van der Waals surface area contributed by atoms with Crippen LogP contribution in [0.1, 0.15) is 48.7 Å². The number of aryl methyl sites for hydroxylation is 1. The van der Waals surface area contributed by atoms with Crippen molar-refractivity contribution >= 4 is 46.6 Å². The number of nitrogens with one attached hydrogen (secondary N) is 2. The second kappa shape index (κ2) is 16.5. The maximum Gasteiger partial charge on any atom is 0.409 e. The van der Waals surface area contributed by atoms with E-state index in [-0.39, 0.29) is 63.6 Å². The zero-order valence-corrected chi connectivity index (χ0v) is 27.6. The van der Waals surface area contributed by atoms with Crippen LogP contribution in [0.15, 0.2) is 24.3 Å². The number of likely N-dealkylation sites (tertiary alicyclic amines) is 1. The van der Waals surface area contributed by atoms with Crippen LogP contribution in [-0.2, 0) is 23.9 Å². The van der Waals surface area contributed by atoms with Gasteiger partial charge in [-0.25, -0.2) is 9.78 Å². The van der Waals surface area contributed by atoms with E-state index in [0.29, 0.717) is 17.3 Å². The lowest BCUT2D eigenvalue weighted by Gasteiger charge is -2.35. The Hall–Kier alpha value is -5.16. The van der Waals surface area contributed by atoms with Crippen LogP contribution in [0.25, 0.3) is 10.9 Å². The van der Waals surface area contributed by atoms with Crippen molar-refractivity contribution in [3.63, 3.8) is 0 Å². The number of carbonyl (C=O) groups excluding carboxylic acids is 5. The summed E-state index contributed by atoms with van der Waals surface area (Å²) in [6, 6.07) is 4.00. The molecule has 2 atom stereocenters. The number of ether oxygens (including phenoxy) is 2. The number of halogens is 3. The molecule has 0 aliphatic carbocycles. The van der Waals surface area contributed by atoms with Crippen molar-refractivity contribution < 1.29 is 56.5 Å². The average molecular weight is 709 g/mol. The van der Waals surface area contributed by atoms with Gasteiger partial charge in [-0.2, -0.15) is 13.2 Å². The zero-order chi connectivity index (χ0) is 36.6. The molecule has 3 heterocycles. The second-order valence-corrected chi connectivity index (χ2v) is 11.9. The fraction of sp³-hybridized carbons (Fsp3) is 0.531. The first-order valence-corrected chi connectivity index (χ1v) is 16.1. The number of carboxylic acid groups (broad SMARTS) is 1. The van der Waals surface area contributed by atoms with Crippen LogP contribution in [0.5, 0.6) is 5.75 Å². The molecule has 0 unspecified atom stereocenters. The molecule has 15 nitrogen and oxygen atoms in total. The van der Waals surface area contributed by atoms with Crippen molar-refractivity contribution in [2.75, 3.05) is 52.5 Å². The van der Waals surface area contributed by atoms with Gasteiger partial charge in [0, 0.05) is 50.6 Å². The van der Waals surface area contributed by atoms with Gasteiger partial charge in [0.2, 0.25) is 11.8 Å². The summed E-state index contributed by atoms with van der Waals surface area (Å²) in [6.07, 6.45) is -5.19. The molecular formula is C32H39F3N6O9. The quantitative estimate of drug-likeness (QED) is 0.294. The van der Waals surface area contributed by atoms with Gasteiger partial charge < -0.3 is 39.9 Å². The maximum atomic E-state index is 13.6. The van der Waals surface area contributed by atoms with Crippen molar-refractivity contribution in [1.29, 1.82) is 0 Å². The van der Waals surface area contributed by atoms with E-state index in [1.54, 1.807) is 32.0 Å². The number of benzene rings is 1. The summed E-state index contributed by atoms with van der Waals surface area (Å²) < 4.78 is 48.7. The Labute approximate surface area is 285 Å². The molecule has 1 aromatic heterocycles. The van der Waals surface area contributed by atoms with E-state index >= 15 is 0 Å². The van der Waals surface area contributed by atoms with Gasteiger partial charge in [0.1, 0.15) is 30.1 Å². The summed E-state index contributed by atoms with van der Waals surface area (Å²) in [5, 5.41) is 14.1. The third-order valence-corrected chi connectivity index (χ3v) is 8.22. The van der Waals surface area contributed by atoms with Gasteiger partial charge in [0.25, 0.3) is 11.8 Å². The molecule has 18 heteroatoms. The summed E-state index contributed by atoms with van der Waals surface area (Å²) >= 11 is 0. The fourth-order valence-electron chi connectivity index (χ4n) is 5.71. The molecule has 2 saturated heterocycles. The molecule has 0 radical (unpaired) electrons. The SMILES string of the molecule is CCOC(=O)N1CCN(C(=O)[C@H](CCC(=O)O)NC(=O)c2cc(OCC(=O)N3CCC[C@H]3C(=O)NCC(F)(F)F)c3ccc(C)cc3n2)CC1. The van der Waals surface area contributed by atoms with E-state index in [1.165, 1.54) is 15.9 Å². The van der Waals surface area contributed by atoms with Crippen LogP contribution < -0.4 is 15.4 Å². The van der Waals surface area contributed by atoms with E-state index in [0.717, 1.165) is 10.5 Å². The number of alkyl halides is 3. The molecule has 0 saturated carbocycles. The van der Waals surface area contributed by atoms with Crippen LogP contribution in [0, 0.1) is 6.92 Å². The van der Waals surface area contributed by atoms with Crippen LogP contribution >= 0.6 is 0 Å². The molecule has 2 fully saturated rings. The summed E-state index contributed by atoms with van der Waals surface area (Å²) in [5.41, 5.74) is 0.899. The van der Waals surface area contributed by atoms with Gasteiger partial charge in [-0.05, 0) is 50.8 Å². The summed E-state index contributed by atoms with van der Waals surface area (Å²) in [7, 11) is 0. The number of rotatable bonds is 12. The zero-order valence-electron chi connectivity index (χ0n) is 27.6. The van der Waals surface area contributed by atoms with Gasteiger partial charge in [-0.1, -0.05) is 6.07 Å². The topological polar surface area (TPSA) is 188 Å². The average Bonchev–Trinajstić information content (AvgIpc) is 3.57. The van der Waals surface area contributed by atoms with Crippen molar-refractivity contribution in [1.82, 2.24) is 30.3 Å². The Balaban J connectivity index is 1.50. The number of pyridine rings is 1. The van der Waals surface area contributed by atoms with Crippen LogP contribution in [0.3, 0.4) is 0 Å². The number of carbonyl (C=O) groups is 6. The highest BCUT2D eigenvalue weighted by atomic mass is 19.4. The molecule has 2 aromatic rings. The Morgan fingerprint density at radius 2 is 1.74 bits per heavy atom. The Morgan fingerprint density at radius 1 is 1.04 bits per heavy atom. The number of aromatic nitrogens is 1. The van der Waals surface area contributed by atoms with Crippen LogP contribution in [0.2, 0.25) is 0 Å². The first-order chi connectivity index (χ1) is 23.7. The standard InChI is InChI=1S/C32H39F3N6O9/c1-3-49-31(48)40-13-11-39(12-14-40)30(47)21(8-9-27(43)44)38-28(45)23-16-25(20-7-6-19(2)15-22(20)37-23)50-17-26(42)41-10-4-5-24(41)29(46)36-18-32(33,34)35/h6-7,15-16,21,24H,3-5,8-14,17-18H2,1-2H3,(H,36,46)(H,38,45)(H,43,44)/t21-,24-/m0/s1. The number of nitrogens with zero attached hydrogens (tertiary/aromatic N) is 4. The molecular weight excluding hydrogens is 669 g/mol. The molecule has 0 spiro atoms. The predicted molar refractivity (Wildman–Crippen MR) is 169 cm³/mol. The number of amides is 5. The lowest BCUT2D eigenvalue weighted by Crippen LogP contribution is -2.56. The minimum atomic E-state index is -4.61. The summed E-state index contributed by atoms with van der Waals surface area (Å²) in [4.78, 5) is 84.5. The highest BCUT2D eigenvalue weighted by Crippen LogP contribution is 2.27. The number of fused-ring (bicyclic) bond motifs is 1. The molecule has 4 rings (SSSR count). The van der Waals surface area contributed by atoms with E-state index in [2.05, 4.69) is 10.3 Å². The monoisotopic (exact) mass is 708 g/mol. The number of hydrogen-bond donors (Lipinski definition) is 3. The number of carboxylic acids is 1. The molecule has 1 aromatic carbocycles. The van der Waals surface area contributed by atoms with Gasteiger partial charge in [-0.3, -0.25) is 24.0 Å². The van der Waals surface area contributed by atoms with E-state index in [9.17, 15) is 47.0 Å². The van der Waals surface area contributed by atoms with Crippen LogP contribution in [-0.4, -0.2) is 131 Å². The number of hydrogen-bond acceptors (Lipinski definition) is 9. The summed E-state index contributed by atoms with van der Waals surface area (Å²) in [5.74, 6) is -4.05. The molecule has 5 amide bonds. The normalized spacial score (nSPS) is 16.9. The van der Waals surface area contributed by atoms with Crippen molar-refractivity contribution in [3.05, 3.63) is 35.5 Å². The molecule has 2 aliphatic heterocycles. The lowest BCUT2D eigenvalue weighted by atomic mass is 10.1. The van der Waals surface area contributed by atoms with Gasteiger partial charge in [-0.15, -0.1) is 0 Å².